The number of aliphatic hydroxyl groups is 1. The number of unbranched alkanes of at least 4 members (excludes halogenated alkanes) is 37. The number of hydrogen-bond donors (Lipinski definition) is 3. The van der Waals surface area contributed by atoms with Crippen molar-refractivity contribution in [2.75, 3.05) is 40.9 Å². The SMILES string of the molecule is CC/C=C\C/C=C\C/C=C\C/C=C\C/C=C\CCCCCCCCCCCCCCCCCCCCCCCCCCCC(=O)NC(COP(=O)(O)OCC[N+](C)(C)C)C(O)/C=C/CCCCCCCCCCCCCC. The minimum Gasteiger partial charge on any atom is -0.387 e. The second kappa shape index (κ2) is 58.6. The number of phosphoric acid groups is 1. The van der Waals surface area contributed by atoms with Gasteiger partial charge in [0.15, 0.2) is 0 Å². The molecule has 0 aliphatic heterocycles. The van der Waals surface area contributed by atoms with E-state index in [1.54, 1.807) is 6.08 Å². The van der Waals surface area contributed by atoms with Gasteiger partial charge in [-0.05, 0) is 64.2 Å². The average molecular weight is 1100 g/mol. The summed E-state index contributed by atoms with van der Waals surface area (Å²) < 4.78 is 23.7. The van der Waals surface area contributed by atoms with Gasteiger partial charge in [-0.2, -0.15) is 0 Å². The van der Waals surface area contributed by atoms with Crippen LogP contribution in [0, 0.1) is 0 Å². The van der Waals surface area contributed by atoms with Gasteiger partial charge in [0.25, 0.3) is 0 Å². The molecule has 0 rings (SSSR count). The second-order valence-corrected chi connectivity index (χ2v) is 24.9. The van der Waals surface area contributed by atoms with Gasteiger partial charge in [-0.25, -0.2) is 4.57 Å². The molecule has 0 saturated heterocycles. The van der Waals surface area contributed by atoms with Gasteiger partial charge in [0.05, 0.1) is 39.9 Å². The van der Waals surface area contributed by atoms with E-state index in [-0.39, 0.29) is 19.1 Å². The highest BCUT2D eigenvalue weighted by atomic mass is 31.2. The van der Waals surface area contributed by atoms with Crippen molar-refractivity contribution in [1.29, 1.82) is 0 Å². The predicted molar refractivity (Wildman–Crippen MR) is 337 cm³/mol. The van der Waals surface area contributed by atoms with E-state index < -0.39 is 20.0 Å². The Bertz CT molecular complexity index is 1480. The Hall–Kier alpha value is -2.06. The summed E-state index contributed by atoms with van der Waals surface area (Å²) in [5, 5.41) is 13.9. The Labute approximate surface area is 478 Å². The summed E-state index contributed by atoms with van der Waals surface area (Å²) in [5.41, 5.74) is 0. The quantitative estimate of drug-likeness (QED) is 0.0243. The van der Waals surface area contributed by atoms with Crippen LogP contribution in [0.5, 0.6) is 0 Å². The molecular weight excluding hydrogens is 972 g/mol. The van der Waals surface area contributed by atoms with Crippen LogP contribution in [0.3, 0.4) is 0 Å². The Balaban J connectivity index is 3.87. The molecule has 0 fully saturated rings. The highest BCUT2D eigenvalue weighted by Crippen LogP contribution is 2.43. The fraction of sp³-hybridized carbons (Fsp3) is 0.809. The van der Waals surface area contributed by atoms with Gasteiger partial charge in [-0.1, -0.05) is 305 Å². The van der Waals surface area contributed by atoms with E-state index in [1.807, 2.05) is 27.2 Å². The lowest BCUT2D eigenvalue weighted by Gasteiger charge is -2.25. The molecular formula is C68H128N2O6P+. The Morgan fingerprint density at radius 2 is 0.779 bits per heavy atom. The van der Waals surface area contributed by atoms with Crippen molar-refractivity contribution in [3.8, 4) is 0 Å². The molecule has 8 nitrogen and oxygen atoms in total. The zero-order valence-electron chi connectivity index (χ0n) is 51.4. The molecule has 0 aromatic rings. The summed E-state index contributed by atoms with van der Waals surface area (Å²) >= 11 is 0. The zero-order valence-corrected chi connectivity index (χ0v) is 52.3. The highest BCUT2D eigenvalue weighted by Gasteiger charge is 2.28. The van der Waals surface area contributed by atoms with Crippen LogP contribution in [0.1, 0.15) is 303 Å². The van der Waals surface area contributed by atoms with Crippen molar-refractivity contribution in [2.45, 2.75) is 315 Å². The number of phosphoric ester groups is 1. The van der Waals surface area contributed by atoms with Crippen molar-refractivity contribution in [1.82, 2.24) is 5.32 Å². The van der Waals surface area contributed by atoms with Crippen LogP contribution < -0.4 is 5.32 Å². The first-order chi connectivity index (χ1) is 37.5. The molecule has 3 unspecified atom stereocenters. The number of hydrogen-bond acceptors (Lipinski definition) is 5. The Morgan fingerprint density at radius 3 is 1.14 bits per heavy atom. The Morgan fingerprint density at radius 1 is 0.455 bits per heavy atom. The smallest absolute Gasteiger partial charge is 0.387 e. The average Bonchev–Trinajstić information content (AvgIpc) is 3.39. The third-order valence-electron chi connectivity index (χ3n) is 14.7. The van der Waals surface area contributed by atoms with Crippen molar-refractivity contribution >= 4 is 13.7 Å². The first-order valence-electron chi connectivity index (χ1n) is 32.8. The normalized spacial score (nSPS) is 14.2. The lowest BCUT2D eigenvalue weighted by Crippen LogP contribution is -2.45. The summed E-state index contributed by atoms with van der Waals surface area (Å²) in [5.74, 6) is -0.173. The van der Waals surface area contributed by atoms with Crippen LogP contribution in [0.2, 0.25) is 0 Å². The maximum absolute atomic E-state index is 13.0. The van der Waals surface area contributed by atoms with E-state index in [0.717, 1.165) is 70.6 Å². The summed E-state index contributed by atoms with van der Waals surface area (Å²) in [4.78, 5) is 23.3. The summed E-state index contributed by atoms with van der Waals surface area (Å²) in [6.45, 7) is 4.72. The molecule has 0 aliphatic carbocycles. The molecule has 3 N–H and O–H groups in total. The van der Waals surface area contributed by atoms with Crippen LogP contribution >= 0.6 is 7.82 Å². The lowest BCUT2D eigenvalue weighted by molar-refractivity contribution is -0.870. The molecule has 0 heterocycles. The van der Waals surface area contributed by atoms with Crippen LogP contribution in [0.4, 0.5) is 0 Å². The van der Waals surface area contributed by atoms with E-state index in [0.29, 0.717) is 17.4 Å². The number of carbonyl (C=O) groups is 1. The Kier molecular flexibility index (Phi) is 57.0. The summed E-state index contributed by atoms with van der Waals surface area (Å²) in [7, 11) is 1.58. The number of nitrogens with zero attached hydrogens (tertiary/aromatic N) is 1. The number of likely N-dealkylation sites (N-methyl/N-ethyl adjacent to an activating group) is 1. The molecule has 0 saturated carbocycles. The zero-order chi connectivity index (χ0) is 56.3. The third-order valence-corrected chi connectivity index (χ3v) is 15.7. The van der Waals surface area contributed by atoms with Crippen LogP contribution in [0.25, 0.3) is 0 Å². The van der Waals surface area contributed by atoms with Crippen molar-refractivity contribution in [3.05, 3.63) is 72.9 Å². The standard InChI is InChI=1S/C68H127N2O6P/c1-6-8-10-12-14-16-18-20-22-23-24-25-26-27-28-29-30-31-32-33-34-35-36-37-38-39-40-41-42-43-44-45-46-47-48-50-52-54-56-58-60-62-68(72)69-66(65-76-77(73,74)75-64-63-70(3,4)5)67(71)61-59-57-55-53-51-49-21-19-17-15-13-11-9-7-2/h8,10,14,16,20,22,24-25,27-28,59,61,66-67,71H,6-7,9,11-13,15,17-19,21,23,26,29-58,60,62-65H2,1-5H3,(H-,69,72,73,74)/p+1/b10-8-,16-14-,22-20-,25-24-,28-27-,61-59+. The number of rotatable bonds is 60. The lowest BCUT2D eigenvalue weighted by atomic mass is 10.0. The van der Waals surface area contributed by atoms with E-state index in [2.05, 4.69) is 79.9 Å². The maximum atomic E-state index is 13.0. The van der Waals surface area contributed by atoms with Gasteiger partial charge >= 0.3 is 7.82 Å². The van der Waals surface area contributed by atoms with E-state index in [4.69, 9.17) is 9.05 Å². The molecule has 0 bridgehead atoms. The van der Waals surface area contributed by atoms with Gasteiger partial charge in [0.1, 0.15) is 13.2 Å². The van der Waals surface area contributed by atoms with Crippen LogP contribution in [-0.2, 0) is 18.4 Å². The van der Waals surface area contributed by atoms with Crippen LogP contribution in [0.15, 0.2) is 72.9 Å². The molecule has 450 valence electrons. The number of allylic oxidation sites excluding steroid dienone is 11. The first-order valence-corrected chi connectivity index (χ1v) is 34.3. The molecule has 0 aromatic carbocycles. The van der Waals surface area contributed by atoms with E-state index in [1.165, 1.54) is 212 Å². The molecule has 0 radical (unpaired) electrons. The fourth-order valence-corrected chi connectivity index (χ4v) is 10.3. The second-order valence-electron chi connectivity index (χ2n) is 23.5. The van der Waals surface area contributed by atoms with Crippen molar-refractivity contribution < 1.29 is 32.9 Å². The van der Waals surface area contributed by atoms with Crippen molar-refractivity contribution in [2.24, 2.45) is 0 Å². The van der Waals surface area contributed by atoms with Gasteiger partial charge in [0.2, 0.25) is 5.91 Å². The first kappa shape index (κ1) is 74.9. The van der Waals surface area contributed by atoms with Gasteiger partial charge in [-0.15, -0.1) is 0 Å². The largest absolute Gasteiger partial charge is 0.472 e. The number of amides is 1. The van der Waals surface area contributed by atoms with Gasteiger partial charge in [0, 0.05) is 6.42 Å². The predicted octanol–water partition coefficient (Wildman–Crippen LogP) is 20.6. The number of aliphatic hydroxyl groups excluding tert-OH is 1. The summed E-state index contributed by atoms with van der Waals surface area (Å²) in [6, 6.07) is -0.846. The molecule has 0 aliphatic rings. The molecule has 3 atom stereocenters. The van der Waals surface area contributed by atoms with E-state index >= 15 is 0 Å². The van der Waals surface area contributed by atoms with Gasteiger partial charge < -0.3 is 19.8 Å². The monoisotopic (exact) mass is 1100 g/mol. The molecule has 9 heteroatoms. The van der Waals surface area contributed by atoms with E-state index in [9.17, 15) is 19.4 Å². The summed E-state index contributed by atoms with van der Waals surface area (Å²) in [6.07, 6.45) is 81.9. The molecule has 0 aromatic heterocycles. The minimum absolute atomic E-state index is 0.0622. The topological polar surface area (TPSA) is 105 Å². The molecule has 0 spiro atoms. The van der Waals surface area contributed by atoms with Crippen LogP contribution in [-0.4, -0.2) is 73.4 Å². The molecule has 77 heavy (non-hydrogen) atoms. The van der Waals surface area contributed by atoms with Gasteiger partial charge in [-0.3, -0.25) is 13.8 Å². The fourth-order valence-electron chi connectivity index (χ4n) is 9.60. The minimum atomic E-state index is -4.35. The number of nitrogens with one attached hydrogen (secondary N) is 1. The van der Waals surface area contributed by atoms with Crippen molar-refractivity contribution in [3.63, 3.8) is 0 Å². The third kappa shape index (κ3) is 61.4. The maximum Gasteiger partial charge on any atom is 0.472 e. The highest BCUT2D eigenvalue weighted by molar-refractivity contribution is 7.47. The number of quaternary nitrogens is 1. The number of carbonyl (C=O) groups excluding carboxylic acids is 1. The molecule has 1 amide bonds.